The highest BCUT2D eigenvalue weighted by atomic mass is 16.5. The molecule has 3 heterocycles. The first-order valence-electron chi connectivity index (χ1n) is 10.3. The first-order valence-corrected chi connectivity index (χ1v) is 10.3. The molecule has 2 fully saturated rings. The Hall–Kier alpha value is -1.67. The number of aryl methyl sites for hydroxylation is 1. The first kappa shape index (κ1) is 20.1. The van der Waals surface area contributed by atoms with Gasteiger partial charge in [0.25, 0.3) is 0 Å². The van der Waals surface area contributed by atoms with Gasteiger partial charge in [0.1, 0.15) is 0 Å². The minimum absolute atomic E-state index is 0.295. The van der Waals surface area contributed by atoms with E-state index < -0.39 is 0 Å². The van der Waals surface area contributed by atoms with Gasteiger partial charge in [0.15, 0.2) is 11.8 Å². The van der Waals surface area contributed by atoms with E-state index in [2.05, 4.69) is 27.3 Å². The number of guanidine groups is 1. The molecule has 0 radical (unpaired) electrons. The van der Waals surface area contributed by atoms with Gasteiger partial charge in [-0.1, -0.05) is 5.16 Å². The molecule has 2 aliphatic heterocycles. The zero-order valence-electron chi connectivity index (χ0n) is 16.7. The number of ether oxygens (including phenoxy) is 2. The van der Waals surface area contributed by atoms with Gasteiger partial charge in [0.05, 0.1) is 25.4 Å². The summed E-state index contributed by atoms with van der Waals surface area (Å²) in [5, 5.41) is 7.21. The van der Waals surface area contributed by atoms with Crippen LogP contribution in [0.4, 0.5) is 0 Å². The molecule has 1 unspecified atom stereocenters. The Morgan fingerprint density at radius 3 is 2.81 bits per heavy atom. The fourth-order valence-corrected chi connectivity index (χ4v) is 3.54. The van der Waals surface area contributed by atoms with Crippen molar-refractivity contribution in [2.45, 2.75) is 64.6 Å². The van der Waals surface area contributed by atoms with Gasteiger partial charge in [-0.3, -0.25) is 4.99 Å². The average molecular weight is 380 g/mol. The van der Waals surface area contributed by atoms with Gasteiger partial charge in [-0.15, -0.1) is 0 Å². The van der Waals surface area contributed by atoms with E-state index in [-0.39, 0.29) is 0 Å². The average Bonchev–Trinajstić information content (AvgIpc) is 3.12. The summed E-state index contributed by atoms with van der Waals surface area (Å²) in [4.78, 5) is 11.3. The third-order valence-corrected chi connectivity index (χ3v) is 5.03. The second-order valence-electron chi connectivity index (χ2n) is 7.23. The van der Waals surface area contributed by atoms with Crippen LogP contribution in [0.1, 0.15) is 50.7 Å². The Bertz CT molecular complexity index is 578. The van der Waals surface area contributed by atoms with Gasteiger partial charge in [-0.2, -0.15) is 4.98 Å². The lowest BCUT2D eigenvalue weighted by molar-refractivity contribution is -0.0721. The van der Waals surface area contributed by atoms with Crippen molar-refractivity contribution in [3.63, 3.8) is 0 Å². The molecule has 8 nitrogen and oxygen atoms in total. The van der Waals surface area contributed by atoms with Crippen LogP contribution < -0.4 is 5.32 Å². The predicted molar refractivity (Wildman–Crippen MR) is 103 cm³/mol. The third kappa shape index (κ3) is 6.46. The van der Waals surface area contributed by atoms with Crippen molar-refractivity contribution in [1.29, 1.82) is 0 Å². The van der Waals surface area contributed by atoms with Gasteiger partial charge in [-0.25, -0.2) is 0 Å². The van der Waals surface area contributed by atoms with Crippen LogP contribution in [0.3, 0.4) is 0 Å². The fraction of sp³-hybridized carbons (Fsp3) is 0.842. The van der Waals surface area contributed by atoms with Crippen LogP contribution in [0.5, 0.6) is 0 Å². The molecule has 0 aromatic carbocycles. The molecule has 0 saturated carbocycles. The van der Waals surface area contributed by atoms with Gasteiger partial charge in [-0.05, 0) is 46.0 Å². The van der Waals surface area contributed by atoms with Crippen molar-refractivity contribution in [3.8, 4) is 0 Å². The Balaban J connectivity index is 1.41. The zero-order valence-corrected chi connectivity index (χ0v) is 16.7. The normalized spacial score (nSPS) is 22.2. The molecule has 0 bridgehead atoms. The van der Waals surface area contributed by atoms with E-state index in [0.717, 1.165) is 58.1 Å². The van der Waals surface area contributed by atoms with Gasteiger partial charge in [0, 0.05) is 32.7 Å². The second-order valence-corrected chi connectivity index (χ2v) is 7.23. The van der Waals surface area contributed by atoms with E-state index >= 15 is 0 Å². The molecular formula is C19H33N5O3. The van der Waals surface area contributed by atoms with Crippen molar-refractivity contribution in [1.82, 2.24) is 20.4 Å². The number of hydrogen-bond donors (Lipinski definition) is 1. The van der Waals surface area contributed by atoms with Crippen molar-refractivity contribution >= 4 is 5.96 Å². The lowest BCUT2D eigenvalue weighted by Crippen LogP contribution is -2.47. The van der Waals surface area contributed by atoms with Crippen molar-refractivity contribution < 1.29 is 14.0 Å². The Kier molecular flexibility index (Phi) is 7.89. The molecule has 0 aliphatic carbocycles. The quantitative estimate of drug-likeness (QED) is 0.572. The molecule has 1 aromatic rings. The molecule has 1 atom stereocenters. The molecule has 1 aromatic heterocycles. The number of nitrogens with zero attached hydrogens (tertiary/aromatic N) is 4. The molecule has 27 heavy (non-hydrogen) atoms. The number of piperidine rings is 1. The Morgan fingerprint density at radius 1 is 1.30 bits per heavy atom. The van der Waals surface area contributed by atoms with E-state index in [4.69, 9.17) is 19.0 Å². The van der Waals surface area contributed by atoms with E-state index in [1.165, 1.54) is 12.8 Å². The number of rotatable bonds is 7. The maximum atomic E-state index is 6.11. The minimum Gasteiger partial charge on any atom is -0.376 e. The maximum absolute atomic E-state index is 6.11. The number of aromatic nitrogens is 2. The summed E-state index contributed by atoms with van der Waals surface area (Å²) in [6, 6.07) is 0. The summed E-state index contributed by atoms with van der Waals surface area (Å²) < 4.78 is 17.0. The molecule has 2 aliphatic rings. The predicted octanol–water partition coefficient (Wildman–Crippen LogP) is 1.94. The third-order valence-electron chi connectivity index (χ3n) is 5.03. The zero-order chi connectivity index (χ0) is 18.9. The number of likely N-dealkylation sites (tertiary alicyclic amines) is 1. The van der Waals surface area contributed by atoms with Crippen LogP contribution in [0.25, 0.3) is 0 Å². The summed E-state index contributed by atoms with van der Waals surface area (Å²) >= 11 is 0. The van der Waals surface area contributed by atoms with E-state index in [1.807, 2.05) is 6.92 Å². The monoisotopic (exact) mass is 379 g/mol. The SMILES string of the molecule is CCNC(=NCCc1nc(C)no1)N1CCC(OCC2CCCCO2)CC1. The van der Waals surface area contributed by atoms with Crippen molar-refractivity contribution in [3.05, 3.63) is 11.7 Å². The second kappa shape index (κ2) is 10.6. The Labute approximate surface area is 161 Å². The smallest absolute Gasteiger partial charge is 0.228 e. The molecule has 152 valence electrons. The van der Waals surface area contributed by atoms with Crippen molar-refractivity contribution in [2.75, 3.05) is 39.4 Å². The van der Waals surface area contributed by atoms with Gasteiger partial charge in [0.2, 0.25) is 5.89 Å². The molecule has 0 spiro atoms. The molecule has 0 amide bonds. The van der Waals surface area contributed by atoms with Crippen LogP contribution in [0, 0.1) is 6.92 Å². The van der Waals surface area contributed by atoms with Crippen LogP contribution >= 0.6 is 0 Å². The summed E-state index contributed by atoms with van der Waals surface area (Å²) in [6.45, 7) is 8.96. The Morgan fingerprint density at radius 2 is 2.15 bits per heavy atom. The minimum atomic E-state index is 0.295. The van der Waals surface area contributed by atoms with E-state index in [9.17, 15) is 0 Å². The summed E-state index contributed by atoms with van der Waals surface area (Å²) in [6.07, 6.45) is 6.93. The van der Waals surface area contributed by atoms with Crippen molar-refractivity contribution in [2.24, 2.45) is 4.99 Å². The number of hydrogen-bond acceptors (Lipinski definition) is 6. The van der Waals surface area contributed by atoms with Crippen LogP contribution in [-0.4, -0.2) is 72.6 Å². The van der Waals surface area contributed by atoms with Crippen LogP contribution in [0.15, 0.2) is 9.52 Å². The summed E-state index contributed by atoms with van der Waals surface area (Å²) in [5.74, 6) is 2.27. The van der Waals surface area contributed by atoms with Gasteiger partial charge < -0.3 is 24.2 Å². The van der Waals surface area contributed by atoms with Crippen LogP contribution in [-0.2, 0) is 15.9 Å². The lowest BCUT2D eigenvalue weighted by atomic mass is 10.1. The first-order chi connectivity index (χ1) is 13.2. The van der Waals surface area contributed by atoms with E-state index in [0.29, 0.717) is 36.9 Å². The summed E-state index contributed by atoms with van der Waals surface area (Å²) in [7, 11) is 0. The molecule has 3 rings (SSSR count). The molecule has 2 saturated heterocycles. The molecule has 1 N–H and O–H groups in total. The van der Waals surface area contributed by atoms with E-state index in [1.54, 1.807) is 0 Å². The number of nitrogens with one attached hydrogen (secondary N) is 1. The molecular weight excluding hydrogens is 346 g/mol. The fourth-order valence-electron chi connectivity index (χ4n) is 3.54. The van der Waals surface area contributed by atoms with Crippen LogP contribution in [0.2, 0.25) is 0 Å². The lowest BCUT2D eigenvalue weighted by Gasteiger charge is -2.35. The summed E-state index contributed by atoms with van der Waals surface area (Å²) in [5.41, 5.74) is 0. The highest BCUT2D eigenvalue weighted by Gasteiger charge is 2.23. The standard InChI is InChI=1S/C19H33N5O3/c1-3-20-19(21-10-7-18-22-15(2)23-27-18)24-11-8-16(9-12-24)26-14-17-6-4-5-13-25-17/h16-17H,3-14H2,1-2H3,(H,20,21). The van der Waals surface area contributed by atoms with Gasteiger partial charge >= 0.3 is 0 Å². The highest BCUT2D eigenvalue weighted by Crippen LogP contribution is 2.18. The highest BCUT2D eigenvalue weighted by molar-refractivity contribution is 5.80. The number of aliphatic imine (C=N–C) groups is 1. The molecule has 8 heteroatoms. The largest absolute Gasteiger partial charge is 0.376 e. The maximum Gasteiger partial charge on any atom is 0.228 e. The topological polar surface area (TPSA) is 85.0 Å².